The van der Waals surface area contributed by atoms with Crippen LogP contribution >= 0.6 is 34.9 Å². The lowest BCUT2D eigenvalue weighted by molar-refractivity contribution is 0.102. The van der Waals surface area contributed by atoms with Crippen LogP contribution in [0.1, 0.15) is 22.8 Å². The van der Waals surface area contributed by atoms with E-state index >= 15 is 0 Å². The van der Waals surface area contributed by atoms with Crippen molar-refractivity contribution in [1.29, 1.82) is 0 Å². The van der Waals surface area contributed by atoms with Gasteiger partial charge in [0.2, 0.25) is 10.0 Å². The molecule has 0 fully saturated rings. The maximum atomic E-state index is 12.4. The number of thioether (sulfide) groups is 2. The molecule has 0 atom stereocenters. The molecule has 2 heterocycles. The van der Waals surface area contributed by atoms with Crippen molar-refractivity contribution in [3.05, 3.63) is 29.3 Å². The highest BCUT2D eigenvalue weighted by Crippen LogP contribution is 2.32. The Labute approximate surface area is 159 Å². The number of ketones is 1. The number of hydrogen-bond donors (Lipinski definition) is 0. The third kappa shape index (κ3) is 4.02. The molecule has 0 bridgehead atoms. The highest BCUT2D eigenvalue weighted by molar-refractivity contribution is 8.03. The summed E-state index contributed by atoms with van der Waals surface area (Å²) >= 11 is 4.38. The molecule has 0 amide bonds. The van der Waals surface area contributed by atoms with Gasteiger partial charge in [-0.25, -0.2) is 8.42 Å². The monoisotopic (exact) mass is 415 g/mol. The van der Waals surface area contributed by atoms with Gasteiger partial charge in [0, 0.05) is 12.1 Å². The molecule has 0 aliphatic carbocycles. The van der Waals surface area contributed by atoms with Crippen molar-refractivity contribution in [2.24, 2.45) is 0 Å². The third-order valence-electron chi connectivity index (χ3n) is 3.84. The smallest absolute Gasteiger partial charge is 0.234 e. The molecule has 2 aromatic rings. The summed E-state index contributed by atoms with van der Waals surface area (Å²) in [6, 6.07) is 5.26. The predicted octanol–water partition coefficient (Wildman–Crippen LogP) is 2.95. The lowest BCUT2D eigenvalue weighted by atomic mass is 10.1. The molecule has 0 unspecified atom stereocenters. The van der Waals surface area contributed by atoms with E-state index in [2.05, 4.69) is 10.2 Å². The normalized spacial score (nSPS) is 13.9. The Morgan fingerprint density at radius 1 is 1.32 bits per heavy atom. The van der Waals surface area contributed by atoms with E-state index in [0.29, 0.717) is 30.0 Å². The molecule has 1 aromatic carbocycles. The first-order valence-corrected chi connectivity index (χ1v) is 12.2. The Bertz CT molecular complexity index is 895. The van der Waals surface area contributed by atoms with Gasteiger partial charge in [-0.15, -0.1) is 10.2 Å². The van der Waals surface area contributed by atoms with E-state index in [1.807, 2.05) is 12.3 Å². The summed E-state index contributed by atoms with van der Waals surface area (Å²) in [5, 5.41) is 8.05. The van der Waals surface area contributed by atoms with Crippen LogP contribution in [0.5, 0.6) is 0 Å². The number of fused-ring (bicyclic) bond motifs is 1. The maximum absolute atomic E-state index is 12.4. The third-order valence-corrected chi connectivity index (χ3v) is 8.66. The number of rotatable bonds is 7. The lowest BCUT2D eigenvalue weighted by Crippen LogP contribution is -2.30. The molecule has 10 heteroatoms. The van der Waals surface area contributed by atoms with Gasteiger partial charge >= 0.3 is 0 Å². The van der Waals surface area contributed by atoms with Crippen LogP contribution in [0.4, 0.5) is 5.69 Å². The van der Waals surface area contributed by atoms with E-state index < -0.39 is 10.0 Å². The fraction of sp³-hybridized carbons (Fsp3) is 0.400. The SMILES string of the molecule is CCS(=O)(=O)N1CCc2cc(C(=O)CSc3nnc(SC)s3)ccc21. The van der Waals surface area contributed by atoms with Crippen LogP contribution in [-0.2, 0) is 16.4 Å². The van der Waals surface area contributed by atoms with Crippen LogP contribution in [0.2, 0.25) is 0 Å². The molecular formula is C15H17N3O3S4. The van der Waals surface area contributed by atoms with Crippen molar-refractivity contribution in [2.45, 2.75) is 22.0 Å². The Hall–Kier alpha value is -1.10. The van der Waals surface area contributed by atoms with Gasteiger partial charge in [-0.05, 0) is 43.4 Å². The van der Waals surface area contributed by atoms with Gasteiger partial charge in [-0.2, -0.15) is 0 Å². The Kier molecular flexibility index (Phi) is 5.71. The van der Waals surface area contributed by atoms with Crippen LogP contribution in [-0.4, -0.2) is 48.7 Å². The summed E-state index contributed by atoms with van der Waals surface area (Å²) in [4.78, 5) is 12.4. The zero-order chi connectivity index (χ0) is 18.0. The van der Waals surface area contributed by atoms with E-state index in [-0.39, 0.29) is 11.5 Å². The molecule has 0 saturated heterocycles. The van der Waals surface area contributed by atoms with Gasteiger partial charge in [-0.3, -0.25) is 9.10 Å². The summed E-state index contributed by atoms with van der Waals surface area (Å²) in [6.07, 6.45) is 2.57. The Balaban J connectivity index is 1.71. The summed E-state index contributed by atoms with van der Waals surface area (Å²) in [6.45, 7) is 2.08. The van der Waals surface area contributed by atoms with Gasteiger partial charge < -0.3 is 0 Å². The summed E-state index contributed by atoms with van der Waals surface area (Å²) in [5.74, 6) is 0.369. The van der Waals surface area contributed by atoms with Gasteiger partial charge in [0.05, 0.1) is 17.2 Å². The minimum Gasteiger partial charge on any atom is -0.293 e. The Morgan fingerprint density at radius 2 is 2.08 bits per heavy atom. The van der Waals surface area contributed by atoms with E-state index in [0.717, 1.165) is 14.2 Å². The molecule has 6 nitrogen and oxygen atoms in total. The fourth-order valence-electron chi connectivity index (χ4n) is 2.54. The number of anilines is 1. The van der Waals surface area contributed by atoms with Crippen LogP contribution in [0.15, 0.2) is 26.9 Å². The number of aromatic nitrogens is 2. The zero-order valence-corrected chi connectivity index (χ0v) is 17.0. The molecule has 1 aliphatic rings. The molecule has 1 aliphatic heterocycles. The van der Waals surface area contributed by atoms with Crippen LogP contribution in [0.3, 0.4) is 0 Å². The van der Waals surface area contributed by atoms with Gasteiger partial charge in [0.1, 0.15) is 0 Å². The van der Waals surface area contributed by atoms with Crippen LogP contribution in [0.25, 0.3) is 0 Å². The number of carbonyl (C=O) groups is 1. The van der Waals surface area contributed by atoms with E-state index in [4.69, 9.17) is 0 Å². The predicted molar refractivity (Wildman–Crippen MR) is 104 cm³/mol. The standard InChI is InChI=1S/C15H17N3O3S4/c1-3-25(20,21)18-7-6-10-8-11(4-5-12(10)18)13(19)9-23-15-17-16-14(22-2)24-15/h4-5,8H,3,6-7,9H2,1-2H3. The summed E-state index contributed by atoms with van der Waals surface area (Å²) in [7, 11) is -3.26. The summed E-state index contributed by atoms with van der Waals surface area (Å²) < 4.78 is 27.3. The molecule has 0 saturated carbocycles. The molecule has 3 rings (SSSR count). The Morgan fingerprint density at radius 3 is 2.76 bits per heavy atom. The molecule has 134 valence electrons. The number of nitrogens with zero attached hydrogens (tertiary/aromatic N) is 3. The topological polar surface area (TPSA) is 80.2 Å². The van der Waals surface area contributed by atoms with Gasteiger partial charge in [0.15, 0.2) is 14.5 Å². The first-order valence-electron chi connectivity index (χ1n) is 7.61. The first kappa shape index (κ1) is 18.7. The van der Waals surface area contributed by atoms with Crippen molar-refractivity contribution in [1.82, 2.24) is 10.2 Å². The second kappa shape index (κ2) is 7.65. The number of benzene rings is 1. The largest absolute Gasteiger partial charge is 0.293 e. The van der Waals surface area contributed by atoms with Crippen molar-refractivity contribution in [3.63, 3.8) is 0 Å². The molecule has 25 heavy (non-hydrogen) atoms. The molecule has 0 N–H and O–H groups in total. The van der Waals surface area contributed by atoms with Gasteiger partial charge in [-0.1, -0.05) is 34.9 Å². The molecule has 0 radical (unpaired) electrons. The average Bonchev–Trinajstić information content (AvgIpc) is 3.25. The lowest BCUT2D eigenvalue weighted by Gasteiger charge is -2.18. The maximum Gasteiger partial charge on any atom is 0.234 e. The number of Topliss-reactive ketones (excluding diaryl/α,β-unsaturated/α-hetero) is 1. The minimum atomic E-state index is -3.26. The molecular weight excluding hydrogens is 398 g/mol. The fourth-order valence-corrected chi connectivity index (χ4v) is 6.03. The molecule has 0 spiro atoms. The summed E-state index contributed by atoms with van der Waals surface area (Å²) in [5.41, 5.74) is 2.21. The van der Waals surface area contributed by atoms with E-state index in [1.165, 1.54) is 39.2 Å². The van der Waals surface area contributed by atoms with Crippen molar-refractivity contribution in [2.75, 3.05) is 28.6 Å². The van der Waals surface area contributed by atoms with Gasteiger partial charge in [0.25, 0.3) is 0 Å². The zero-order valence-electron chi connectivity index (χ0n) is 13.8. The van der Waals surface area contributed by atoms with E-state index in [9.17, 15) is 13.2 Å². The van der Waals surface area contributed by atoms with Crippen molar-refractivity contribution >= 4 is 56.4 Å². The number of sulfonamides is 1. The molecule has 1 aromatic heterocycles. The quantitative estimate of drug-likeness (QED) is 0.508. The van der Waals surface area contributed by atoms with E-state index in [1.54, 1.807) is 19.1 Å². The number of hydrogen-bond acceptors (Lipinski definition) is 8. The second-order valence-electron chi connectivity index (χ2n) is 5.32. The highest BCUT2D eigenvalue weighted by atomic mass is 32.2. The second-order valence-corrected chi connectivity index (χ2v) is 10.8. The van der Waals surface area contributed by atoms with Crippen LogP contribution in [0, 0.1) is 0 Å². The number of carbonyl (C=O) groups excluding carboxylic acids is 1. The first-order chi connectivity index (χ1) is 11.9. The van der Waals surface area contributed by atoms with Crippen molar-refractivity contribution < 1.29 is 13.2 Å². The van der Waals surface area contributed by atoms with Crippen LogP contribution < -0.4 is 4.31 Å². The average molecular weight is 416 g/mol. The van der Waals surface area contributed by atoms with Crippen molar-refractivity contribution in [3.8, 4) is 0 Å². The highest BCUT2D eigenvalue weighted by Gasteiger charge is 2.28. The minimum absolute atomic E-state index is 0.00509.